The zero-order chi connectivity index (χ0) is 15.2. The predicted octanol–water partition coefficient (Wildman–Crippen LogP) is 3.89. The van der Waals surface area contributed by atoms with Crippen molar-refractivity contribution in [3.8, 4) is 0 Å². The Labute approximate surface area is 133 Å². The van der Waals surface area contributed by atoms with Crippen LogP contribution in [0.1, 0.15) is 5.69 Å². The maximum absolute atomic E-state index is 6.14. The van der Waals surface area contributed by atoms with Crippen LogP contribution in [0.5, 0.6) is 0 Å². The van der Waals surface area contributed by atoms with Crippen LogP contribution in [0.2, 0.25) is 10.0 Å². The molecule has 0 unspecified atom stereocenters. The van der Waals surface area contributed by atoms with Crippen LogP contribution in [0.25, 0.3) is 0 Å². The molecule has 1 aromatic carbocycles. The van der Waals surface area contributed by atoms with Gasteiger partial charge < -0.3 is 15.4 Å². The summed E-state index contributed by atoms with van der Waals surface area (Å²) in [7, 11) is 1.64. The second-order valence-corrected chi connectivity index (χ2v) is 5.17. The van der Waals surface area contributed by atoms with Crippen LogP contribution in [0.15, 0.2) is 24.3 Å². The number of para-hydroxylation sites is 1. The molecule has 0 spiro atoms. The van der Waals surface area contributed by atoms with E-state index < -0.39 is 0 Å². The molecule has 0 bridgehead atoms. The number of hydrogen-bond donors (Lipinski definition) is 2. The van der Waals surface area contributed by atoms with E-state index in [0.717, 1.165) is 5.69 Å². The Kier molecular flexibility index (Phi) is 5.61. The minimum atomic E-state index is 0.526. The summed E-state index contributed by atoms with van der Waals surface area (Å²) in [6.07, 6.45) is 0. The molecule has 7 heteroatoms. The Morgan fingerprint density at radius 1 is 1.19 bits per heavy atom. The van der Waals surface area contributed by atoms with Gasteiger partial charge in [-0.2, -0.15) is 4.98 Å². The number of ether oxygens (including phenoxy) is 1. The van der Waals surface area contributed by atoms with E-state index in [-0.39, 0.29) is 0 Å². The largest absolute Gasteiger partial charge is 0.383 e. The summed E-state index contributed by atoms with van der Waals surface area (Å²) < 4.78 is 4.98. The molecule has 0 aliphatic rings. The molecule has 0 fully saturated rings. The van der Waals surface area contributed by atoms with Crippen molar-refractivity contribution in [2.75, 3.05) is 30.9 Å². The highest BCUT2D eigenvalue weighted by Gasteiger charge is 2.08. The smallest absolute Gasteiger partial charge is 0.224 e. The number of benzene rings is 1. The van der Waals surface area contributed by atoms with Gasteiger partial charge in [-0.3, -0.25) is 0 Å². The van der Waals surface area contributed by atoms with Gasteiger partial charge in [0.25, 0.3) is 0 Å². The van der Waals surface area contributed by atoms with Gasteiger partial charge in [0, 0.05) is 25.4 Å². The summed E-state index contributed by atoms with van der Waals surface area (Å²) in [5, 5.41) is 7.28. The van der Waals surface area contributed by atoms with Crippen molar-refractivity contribution in [2.45, 2.75) is 6.92 Å². The molecule has 2 N–H and O–H groups in total. The van der Waals surface area contributed by atoms with Crippen molar-refractivity contribution in [3.63, 3.8) is 0 Å². The molecular weight excluding hydrogens is 311 g/mol. The number of rotatable bonds is 6. The van der Waals surface area contributed by atoms with Crippen molar-refractivity contribution in [1.82, 2.24) is 9.97 Å². The number of aryl methyl sites for hydroxylation is 1. The first kappa shape index (κ1) is 15.8. The number of aromatic nitrogens is 2. The maximum atomic E-state index is 6.14. The van der Waals surface area contributed by atoms with Gasteiger partial charge in [-0.25, -0.2) is 4.98 Å². The highest BCUT2D eigenvalue weighted by Crippen LogP contribution is 2.32. The van der Waals surface area contributed by atoms with Gasteiger partial charge in [-0.15, -0.1) is 0 Å². The first-order chi connectivity index (χ1) is 10.1. The fourth-order valence-corrected chi connectivity index (χ4v) is 2.21. The molecule has 2 rings (SSSR count). The van der Waals surface area contributed by atoms with Gasteiger partial charge in [-0.1, -0.05) is 29.3 Å². The van der Waals surface area contributed by atoms with E-state index >= 15 is 0 Å². The maximum Gasteiger partial charge on any atom is 0.224 e. The Bertz CT molecular complexity index is 602. The Morgan fingerprint density at radius 2 is 1.90 bits per heavy atom. The Balaban J connectivity index is 2.20. The van der Waals surface area contributed by atoms with Crippen LogP contribution in [-0.2, 0) is 4.74 Å². The molecule has 0 atom stereocenters. The fraction of sp³-hybridized carbons (Fsp3) is 0.286. The van der Waals surface area contributed by atoms with Crippen molar-refractivity contribution < 1.29 is 4.74 Å². The van der Waals surface area contributed by atoms with Crippen LogP contribution in [0.3, 0.4) is 0 Å². The molecule has 1 aromatic heterocycles. The zero-order valence-corrected chi connectivity index (χ0v) is 13.3. The Hall–Kier alpha value is -1.56. The lowest BCUT2D eigenvalue weighted by Gasteiger charge is -2.12. The molecule has 0 amide bonds. The lowest BCUT2D eigenvalue weighted by Crippen LogP contribution is -2.11. The number of anilines is 3. The summed E-state index contributed by atoms with van der Waals surface area (Å²) in [6, 6.07) is 7.14. The van der Waals surface area contributed by atoms with E-state index in [9.17, 15) is 0 Å². The average Bonchev–Trinajstić information content (AvgIpc) is 2.43. The molecule has 0 radical (unpaired) electrons. The van der Waals surface area contributed by atoms with Crippen molar-refractivity contribution in [2.24, 2.45) is 0 Å². The topological polar surface area (TPSA) is 59.1 Å². The third-order valence-corrected chi connectivity index (χ3v) is 3.29. The first-order valence-corrected chi connectivity index (χ1v) is 7.15. The second kappa shape index (κ2) is 7.45. The molecule has 21 heavy (non-hydrogen) atoms. The fourth-order valence-electron chi connectivity index (χ4n) is 1.72. The summed E-state index contributed by atoms with van der Waals surface area (Å²) in [5.74, 6) is 1.15. The minimum Gasteiger partial charge on any atom is -0.383 e. The highest BCUT2D eigenvalue weighted by molar-refractivity contribution is 6.39. The van der Waals surface area contributed by atoms with E-state index in [2.05, 4.69) is 20.6 Å². The lowest BCUT2D eigenvalue weighted by atomic mass is 10.3. The van der Waals surface area contributed by atoms with Gasteiger partial charge in [0.15, 0.2) is 0 Å². The van der Waals surface area contributed by atoms with E-state index in [1.54, 1.807) is 25.3 Å². The third-order valence-electron chi connectivity index (χ3n) is 2.66. The van der Waals surface area contributed by atoms with Gasteiger partial charge in [0.2, 0.25) is 5.95 Å². The van der Waals surface area contributed by atoms with Gasteiger partial charge in [0.1, 0.15) is 5.82 Å². The highest BCUT2D eigenvalue weighted by atomic mass is 35.5. The molecule has 2 aromatic rings. The summed E-state index contributed by atoms with van der Waals surface area (Å²) >= 11 is 12.3. The van der Waals surface area contributed by atoms with E-state index in [1.807, 2.05) is 13.0 Å². The SMILES string of the molecule is COCCNc1nc(C)cc(Nc2c(Cl)cccc2Cl)n1. The normalized spacial score (nSPS) is 10.5. The number of halogens is 2. The zero-order valence-electron chi connectivity index (χ0n) is 11.8. The van der Waals surface area contributed by atoms with Crippen LogP contribution in [0.4, 0.5) is 17.5 Å². The third kappa shape index (κ3) is 4.46. The molecule has 1 heterocycles. The summed E-state index contributed by atoms with van der Waals surface area (Å²) in [5.41, 5.74) is 1.46. The first-order valence-electron chi connectivity index (χ1n) is 6.39. The van der Waals surface area contributed by atoms with Crippen LogP contribution >= 0.6 is 23.2 Å². The standard InChI is InChI=1S/C14H16Cl2N4O/c1-9-8-12(20-14(18-9)17-6-7-21-2)19-13-10(15)4-3-5-11(13)16/h3-5,8H,6-7H2,1-2H3,(H2,17,18,19,20). The van der Waals surface area contributed by atoms with Crippen LogP contribution < -0.4 is 10.6 Å². The number of methoxy groups -OCH3 is 1. The second-order valence-electron chi connectivity index (χ2n) is 4.36. The van der Waals surface area contributed by atoms with Crippen molar-refractivity contribution >= 4 is 40.7 Å². The van der Waals surface area contributed by atoms with Gasteiger partial charge in [0.05, 0.1) is 22.3 Å². The lowest BCUT2D eigenvalue weighted by molar-refractivity contribution is 0.210. The predicted molar refractivity (Wildman–Crippen MR) is 86.9 cm³/mol. The van der Waals surface area contributed by atoms with Gasteiger partial charge >= 0.3 is 0 Å². The van der Waals surface area contributed by atoms with Crippen molar-refractivity contribution in [3.05, 3.63) is 40.0 Å². The molecule has 0 aliphatic heterocycles. The molecule has 0 saturated carbocycles. The number of hydrogen-bond acceptors (Lipinski definition) is 5. The van der Waals surface area contributed by atoms with Crippen LogP contribution in [0, 0.1) is 6.92 Å². The summed E-state index contributed by atoms with van der Waals surface area (Å²) in [4.78, 5) is 8.69. The molecule has 0 saturated heterocycles. The van der Waals surface area contributed by atoms with E-state index in [0.29, 0.717) is 40.7 Å². The monoisotopic (exact) mass is 326 g/mol. The molecule has 112 valence electrons. The number of nitrogens with one attached hydrogen (secondary N) is 2. The molecular formula is C14H16Cl2N4O. The quantitative estimate of drug-likeness (QED) is 0.788. The van der Waals surface area contributed by atoms with Crippen LogP contribution in [-0.4, -0.2) is 30.2 Å². The van der Waals surface area contributed by atoms with E-state index in [1.165, 1.54) is 0 Å². The molecule has 0 aliphatic carbocycles. The minimum absolute atomic E-state index is 0.526. The number of nitrogens with zero attached hydrogens (tertiary/aromatic N) is 2. The van der Waals surface area contributed by atoms with Crippen molar-refractivity contribution in [1.29, 1.82) is 0 Å². The summed E-state index contributed by atoms with van der Waals surface area (Å²) in [6.45, 7) is 3.10. The van der Waals surface area contributed by atoms with Gasteiger partial charge in [-0.05, 0) is 19.1 Å². The average molecular weight is 327 g/mol. The Morgan fingerprint density at radius 3 is 2.57 bits per heavy atom. The molecule has 5 nitrogen and oxygen atoms in total. The van der Waals surface area contributed by atoms with E-state index in [4.69, 9.17) is 27.9 Å².